The van der Waals surface area contributed by atoms with E-state index in [-0.39, 0.29) is 25.4 Å². The van der Waals surface area contributed by atoms with E-state index >= 15 is 0 Å². The second-order valence-corrected chi connectivity index (χ2v) is 12.0. The summed E-state index contributed by atoms with van der Waals surface area (Å²) in [5, 5.41) is 13.6. The van der Waals surface area contributed by atoms with E-state index in [2.05, 4.69) is 15.5 Å². The van der Waals surface area contributed by atoms with E-state index in [0.29, 0.717) is 18.7 Å². The zero-order chi connectivity index (χ0) is 29.7. The Morgan fingerprint density at radius 2 is 1.80 bits per heavy atom. The number of nitrogens with one attached hydrogen (secondary N) is 3. The molecule has 3 fully saturated rings. The third kappa shape index (κ3) is 7.93. The zero-order valence-electron chi connectivity index (χ0n) is 24.3. The number of rotatable bonds is 11. The number of nitrogens with zero attached hydrogens (tertiary/aromatic N) is 2. The molecule has 0 radical (unpaired) electrons. The lowest BCUT2D eigenvalue weighted by Crippen LogP contribution is -2.56. The molecule has 4 heterocycles. The molecule has 1 unspecified atom stereocenters. The number of hydrogen-bond acceptors (Lipinski definition) is 8. The number of ketones is 1. The lowest BCUT2D eigenvalue weighted by atomic mass is 9.86. The molecular formula is C30H41N5O6. The maximum Gasteiger partial charge on any atom is 0.408 e. The smallest absolute Gasteiger partial charge is 0.408 e. The summed E-state index contributed by atoms with van der Waals surface area (Å²) < 4.78 is 13.3. The second-order valence-electron chi connectivity index (χ2n) is 12.0. The van der Waals surface area contributed by atoms with Crippen molar-refractivity contribution in [1.29, 1.82) is 5.41 Å². The fourth-order valence-electron chi connectivity index (χ4n) is 5.63. The average molecular weight is 568 g/mol. The Morgan fingerprint density at radius 1 is 1.10 bits per heavy atom. The normalized spacial score (nSPS) is 21.5. The van der Waals surface area contributed by atoms with Crippen LogP contribution in [0.15, 0.2) is 30.5 Å². The molecule has 1 aromatic carbocycles. The Kier molecular flexibility index (Phi) is 9.47. The Morgan fingerprint density at radius 3 is 2.44 bits per heavy atom. The third-order valence-corrected chi connectivity index (χ3v) is 7.71. The molecule has 2 amide bonds. The van der Waals surface area contributed by atoms with E-state index in [1.165, 1.54) is 0 Å². The first-order valence-electron chi connectivity index (χ1n) is 14.2. The molecule has 5 rings (SSSR count). The number of aryl methyl sites for hydroxylation is 1. The number of piperidine rings is 3. The number of alkyl carbamates (subject to hydrolysis) is 1. The maximum absolute atomic E-state index is 13.7. The van der Waals surface area contributed by atoms with Crippen LogP contribution in [0.1, 0.15) is 52.0 Å². The minimum atomic E-state index is -1.14. The van der Waals surface area contributed by atoms with Crippen molar-refractivity contribution >= 4 is 40.9 Å². The number of carbonyl (C=O) groups is 4. The first-order valence-corrected chi connectivity index (χ1v) is 14.2. The number of para-hydroxylation sites is 1. The van der Waals surface area contributed by atoms with E-state index in [1.807, 2.05) is 42.1 Å². The van der Waals surface area contributed by atoms with Crippen LogP contribution in [0.3, 0.4) is 0 Å². The van der Waals surface area contributed by atoms with Gasteiger partial charge in [0.15, 0.2) is 5.78 Å². The van der Waals surface area contributed by atoms with Gasteiger partial charge >= 0.3 is 12.1 Å². The van der Waals surface area contributed by atoms with Gasteiger partial charge in [0.05, 0.1) is 6.21 Å². The number of Topliss-reactive ketones (excluding diaryl/α,β-unsaturated/α-hetero) is 1. The number of benzene rings is 1. The Balaban J connectivity index is 1.54. The first kappa shape index (κ1) is 30.2. The van der Waals surface area contributed by atoms with Crippen molar-refractivity contribution in [3.05, 3.63) is 36.0 Å². The van der Waals surface area contributed by atoms with Gasteiger partial charge in [-0.2, -0.15) is 0 Å². The topological polar surface area (TPSA) is 143 Å². The molecule has 3 atom stereocenters. The summed E-state index contributed by atoms with van der Waals surface area (Å²) in [5.74, 6) is -1.46. The van der Waals surface area contributed by atoms with Gasteiger partial charge in [0, 0.05) is 43.5 Å². The lowest BCUT2D eigenvalue weighted by Gasteiger charge is -2.43. The number of carbonyl (C=O) groups excluding carboxylic acids is 4. The second kappa shape index (κ2) is 12.8. The highest BCUT2D eigenvalue weighted by molar-refractivity contribution is 6.26. The summed E-state index contributed by atoms with van der Waals surface area (Å²) in [6, 6.07) is 5.58. The number of amides is 2. The van der Waals surface area contributed by atoms with E-state index < -0.39 is 41.4 Å². The van der Waals surface area contributed by atoms with Crippen LogP contribution in [0.25, 0.3) is 10.9 Å². The summed E-state index contributed by atoms with van der Waals surface area (Å²) in [4.78, 5) is 53.9. The SMILES string of the molecule is Cn1cc(C[C@H](NC(=O)OC2CN3CCC2CC3)C(=O)N[C@@H](CCC(=O)C=N)C(=O)OC(C)(C)C)c2ccccc21. The summed E-state index contributed by atoms with van der Waals surface area (Å²) in [6.45, 7) is 7.82. The van der Waals surface area contributed by atoms with Gasteiger partial charge in [0.25, 0.3) is 0 Å². The molecular weight excluding hydrogens is 526 g/mol. The van der Waals surface area contributed by atoms with Crippen LogP contribution in [0.5, 0.6) is 0 Å². The Bertz CT molecular complexity index is 1290. The molecule has 3 aliphatic heterocycles. The van der Waals surface area contributed by atoms with Gasteiger partial charge < -0.3 is 30.1 Å². The molecule has 11 nitrogen and oxygen atoms in total. The molecule has 0 spiro atoms. The molecule has 0 saturated carbocycles. The first-order chi connectivity index (χ1) is 19.4. The highest BCUT2D eigenvalue weighted by Crippen LogP contribution is 2.29. The van der Waals surface area contributed by atoms with Crippen molar-refractivity contribution in [2.24, 2.45) is 13.0 Å². The highest BCUT2D eigenvalue weighted by atomic mass is 16.6. The minimum Gasteiger partial charge on any atom is -0.458 e. The third-order valence-electron chi connectivity index (χ3n) is 7.71. The molecule has 3 aliphatic rings. The Labute approximate surface area is 240 Å². The highest BCUT2D eigenvalue weighted by Gasteiger charge is 2.37. The number of esters is 1. The summed E-state index contributed by atoms with van der Waals surface area (Å²) >= 11 is 0. The molecule has 1 aromatic heterocycles. The van der Waals surface area contributed by atoms with E-state index in [9.17, 15) is 19.2 Å². The number of hydrogen-bond donors (Lipinski definition) is 3. The lowest BCUT2D eigenvalue weighted by molar-refractivity contribution is -0.159. The van der Waals surface area contributed by atoms with Crippen molar-refractivity contribution in [2.45, 2.75) is 76.7 Å². The molecule has 2 aromatic rings. The van der Waals surface area contributed by atoms with Gasteiger partial charge in [-0.25, -0.2) is 9.59 Å². The molecule has 2 bridgehead atoms. The van der Waals surface area contributed by atoms with Crippen LogP contribution in [-0.4, -0.2) is 82.9 Å². The standard InChI is InChI=1S/C30H41N5O6/c1-30(2,3)41-28(38)23(10-9-21(36)16-31)32-27(37)24(15-20-17-34(4)25-8-6-5-7-22(20)25)33-29(39)40-26-18-35-13-11-19(26)12-14-35/h5-8,16-17,19,23-24,26,31H,9-15,18H2,1-4H3,(H,32,37)(H,33,39)/t23-,24-,26?/m0/s1. The van der Waals surface area contributed by atoms with Crippen LogP contribution in [-0.2, 0) is 37.3 Å². The predicted octanol–water partition coefficient (Wildman–Crippen LogP) is 2.74. The van der Waals surface area contributed by atoms with E-state index in [1.54, 1.807) is 20.8 Å². The Hall–Kier alpha value is -3.73. The number of ether oxygens (including phenoxy) is 2. The predicted molar refractivity (Wildman–Crippen MR) is 154 cm³/mol. The van der Waals surface area contributed by atoms with Gasteiger partial charge in [-0.3, -0.25) is 14.5 Å². The molecule has 3 saturated heterocycles. The van der Waals surface area contributed by atoms with Gasteiger partial charge in [0.2, 0.25) is 5.91 Å². The molecule has 41 heavy (non-hydrogen) atoms. The molecule has 0 aliphatic carbocycles. The van der Waals surface area contributed by atoms with Crippen molar-refractivity contribution in [3.8, 4) is 0 Å². The fourth-order valence-corrected chi connectivity index (χ4v) is 5.63. The maximum atomic E-state index is 13.7. The van der Waals surface area contributed by atoms with Crippen molar-refractivity contribution in [3.63, 3.8) is 0 Å². The molecule has 222 valence electrons. The van der Waals surface area contributed by atoms with Crippen LogP contribution >= 0.6 is 0 Å². The minimum absolute atomic E-state index is 0.0418. The van der Waals surface area contributed by atoms with Crippen LogP contribution in [0, 0.1) is 11.3 Å². The summed E-state index contributed by atoms with van der Waals surface area (Å²) in [5.41, 5.74) is 1.01. The van der Waals surface area contributed by atoms with Crippen molar-refractivity contribution in [2.75, 3.05) is 19.6 Å². The zero-order valence-corrected chi connectivity index (χ0v) is 24.3. The van der Waals surface area contributed by atoms with Gasteiger partial charge in [-0.1, -0.05) is 18.2 Å². The molecule has 3 N–H and O–H groups in total. The fraction of sp³-hybridized carbons (Fsp3) is 0.567. The summed E-state index contributed by atoms with van der Waals surface area (Å²) in [6.07, 6.45) is 3.63. The van der Waals surface area contributed by atoms with Gasteiger partial charge in [0.1, 0.15) is 23.8 Å². The van der Waals surface area contributed by atoms with E-state index in [0.717, 1.165) is 42.4 Å². The largest absolute Gasteiger partial charge is 0.458 e. The van der Waals surface area contributed by atoms with Gasteiger partial charge in [-0.05, 0) is 70.7 Å². The number of fused-ring (bicyclic) bond motifs is 4. The van der Waals surface area contributed by atoms with Gasteiger partial charge in [-0.15, -0.1) is 0 Å². The van der Waals surface area contributed by atoms with Crippen LogP contribution in [0.2, 0.25) is 0 Å². The monoisotopic (exact) mass is 567 g/mol. The average Bonchev–Trinajstić information content (AvgIpc) is 3.24. The summed E-state index contributed by atoms with van der Waals surface area (Å²) in [7, 11) is 1.91. The number of aromatic nitrogens is 1. The van der Waals surface area contributed by atoms with Crippen molar-refractivity contribution < 1.29 is 28.7 Å². The van der Waals surface area contributed by atoms with Crippen molar-refractivity contribution in [1.82, 2.24) is 20.1 Å². The molecule has 11 heteroatoms. The van der Waals surface area contributed by atoms with Crippen LogP contribution < -0.4 is 10.6 Å². The van der Waals surface area contributed by atoms with Crippen LogP contribution in [0.4, 0.5) is 4.79 Å². The quantitative estimate of drug-likeness (QED) is 0.280. The van der Waals surface area contributed by atoms with E-state index in [4.69, 9.17) is 14.9 Å².